The van der Waals surface area contributed by atoms with Crippen LogP contribution in [0.2, 0.25) is 0 Å². The fraction of sp³-hybridized carbons (Fsp3) is 1.00. The van der Waals surface area contributed by atoms with Gasteiger partial charge in [-0.3, -0.25) is 0 Å². The van der Waals surface area contributed by atoms with Crippen molar-refractivity contribution in [2.45, 2.75) is 52.0 Å². The van der Waals surface area contributed by atoms with E-state index in [1.165, 1.54) is 38.6 Å². The molecule has 11 heavy (non-hydrogen) atoms. The van der Waals surface area contributed by atoms with Crippen molar-refractivity contribution in [1.29, 1.82) is 0 Å². The average molecular weight is 155 g/mol. The van der Waals surface area contributed by atoms with Crippen molar-refractivity contribution in [3.63, 3.8) is 0 Å². The standard InChI is InChI=1S/C10H21N/c1-3-4-6-10-7-5-8-11-9(10)2/h9-11H,3-8H2,1-2H3. The quantitative estimate of drug-likeness (QED) is 0.660. The highest BCUT2D eigenvalue weighted by Gasteiger charge is 2.19. The number of nitrogens with one attached hydrogen (secondary N) is 1. The van der Waals surface area contributed by atoms with Gasteiger partial charge in [0.15, 0.2) is 0 Å². The summed E-state index contributed by atoms with van der Waals surface area (Å²) in [6.07, 6.45) is 7.04. The van der Waals surface area contributed by atoms with E-state index in [4.69, 9.17) is 0 Å². The summed E-state index contributed by atoms with van der Waals surface area (Å²) in [5, 5.41) is 3.54. The third-order valence-corrected chi connectivity index (χ3v) is 2.85. The number of hydrogen-bond acceptors (Lipinski definition) is 1. The van der Waals surface area contributed by atoms with Crippen molar-refractivity contribution in [2.75, 3.05) is 6.54 Å². The van der Waals surface area contributed by atoms with Gasteiger partial charge >= 0.3 is 0 Å². The van der Waals surface area contributed by atoms with Gasteiger partial charge in [-0.05, 0) is 38.6 Å². The molecule has 1 rings (SSSR count). The molecule has 1 heteroatoms. The zero-order valence-electron chi connectivity index (χ0n) is 7.90. The van der Waals surface area contributed by atoms with Crippen LogP contribution >= 0.6 is 0 Å². The summed E-state index contributed by atoms with van der Waals surface area (Å²) >= 11 is 0. The SMILES string of the molecule is CCCCC1CCCNC1C. The highest BCUT2D eigenvalue weighted by Crippen LogP contribution is 2.21. The van der Waals surface area contributed by atoms with E-state index >= 15 is 0 Å². The van der Waals surface area contributed by atoms with Gasteiger partial charge in [0.1, 0.15) is 0 Å². The molecule has 0 radical (unpaired) electrons. The maximum atomic E-state index is 3.54. The first-order valence-electron chi connectivity index (χ1n) is 5.08. The summed E-state index contributed by atoms with van der Waals surface area (Å²) in [5.41, 5.74) is 0. The summed E-state index contributed by atoms with van der Waals surface area (Å²) in [7, 11) is 0. The molecule has 1 nitrogen and oxygen atoms in total. The van der Waals surface area contributed by atoms with Crippen LogP contribution in [-0.4, -0.2) is 12.6 Å². The van der Waals surface area contributed by atoms with Crippen LogP contribution < -0.4 is 5.32 Å². The molecule has 0 aliphatic carbocycles. The molecule has 66 valence electrons. The highest BCUT2D eigenvalue weighted by molar-refractivity contribution is 4.76. The molecule has 0 spiro atoms. The lowest BCUT2D eigenvalue weighted by molar-refractivity contribution is 0.276. The van der Waals surface area contributed by atoms with Gasteiger partial charge in [0, 0.05) is 6.04 Å². The van der Waals surface area contributed by atoms with Gasteiger partial charge in [-0.25, -0.2) is 0 Å². The van der Waals surface area contributed by atoms with Crippen LogP contribution in [0.4, 0.5) is 0 Å². The largest absolute Gasteiger partial charge is 0.314 e. The van der Waals surface area contributed by atoms with Crippen molar-refractivity contribution in [2.24, 2.45) is 5.92 Å². The summed E-state index contributed by atoms with van der Waals surface area (Å²) in [5.74, 6) is 0.962. The van der Waals surface area contributed by atoms with Crippen molar-refractivity contribution < 1.29 is 0 Å². The first kappa shape index (κ1) is 9.05. The first-order chi connectivity index (χ1) is 5.34. The topological polar surface area (TPSA) is 12.0 Å². The predicted molar refractivity (Wildman–Crippen MR) is 49.7 cm³/mol. The fourth-order valence-corrected chi connectivity index (χ4v) is 1.97. The number of hydrogen-bond donors (Lipinski definition) is 1. The maximum Gasteiger partial charge on any atom is 0.00670 e. The molecule has 1 aliphatic heterocycles. The van der Waals surface area contributed by atoms with Gasteiger partial charge in [0.25, 0.3) is 0 Å². The fourth-order valence-electron chi connectivity index (χ4n) is 1.97. The Hall–Kier alpha value is -0.0400. The zero-order chi connectivity index (χ0) is 8.10. The third-order valence-electron chi connectivity index (χ3n) is 2.85. The lowest BCUT2D eigenvalue weighted by Crippen LogP contribution is -2.38. The first-order valence-corrected chi connectivity index (χ1v) is 5.08. The molecule has 1 aliphatic rings. The van der Waals surface area contributed by atoms with Gasteiger partial charge in [0.05, 0.1) is 0 Å². The molecule has 2 atom stereocenters. The molecule has 0 amide bonds. The summed E-state index contributed by atoms with van der Waals surface area (Å²) in [6, 6.07) is 0.773. The van der Waals surface area contributed by atoms with Gasteiger partial charge in [-0.1, -0.05) is 19.8 Å². The number of rotatable bonds is 3. The Bertz CT molecular complexity index is 101. The molecule has 1 heterocycles. The Morgan fingerprint density at radius 3 is 2.91 bits per heavy atom. The molecule has 1 saturated heterocycles. The lowest BCUT2D eigenvalue weighted by Gasteiger charge is -2.29. The van der Waals surface area contributed by atoms with E-state index in [9.17, 15) is 0 Å². The summed E-state index contributed by atoms with van der Waals surface area (Å²) < 4.78 is 0. The minimum atomic E-state index is 0.773. The Morgan fingerprint density at radius 2 is 2.27 bits per heavy atom. The van der Waals surface area contributed by atoms with Gasteiger partial charge < -0.3 is 5.32 Å². The van der Waals surface area contributed by atoms with E-state index in [1.807, 2.05) is 0 Å². The third kappa shape index (κ3) is 2.82. The number of piperidine rings is 1. The minimum Gasteiger partial charge on any atom is -0.314 e. The molecule has 1 N–H and O–H groups in total. The molecular formula is C10H21N. The second kappa shape index (κ2) is 4.76. The molecule has 0 saturated carbocycles. The van der Waals surface area contributed by atoms with E-state index in [2.05, 4.69) is 19.2 Å². The van der Waals surface area contributed by atoms with E-state index in [0.29, 0.717) is 0 Å². The molecule has 0 bridgehead atoms. The summed E-state index contributed by atoms with van der Waals surface area (Å²) in [6.45, 7) is 5.85. The van der Waals surface area contributed by atoms with Gasteiger partial charge in [-0.2, -0.15) is 0 Å². The monoisotopic (exact) mass is 155 g/mol. The number of unbranched alkanes of at least 4 members (excludes halogenated alkanes) is 1. The average Bonchev–Trinajstić information content (AvgIpc) is 2.03. The van der Waals surface area contributed by atoms with E-state index in [0.717, 1.165) is 12.0 Å². The second-order valence-electron chi connectivity index (χ2n) is 3.79. The molecule has 0 aromatic carbocycles. The Morgan fingerprint density at radius 1 is 1.45 bits per heavy atom. The molecule has 0 aromatic heterocycles. The second-order valence-corrected chi connectivity index (χ2v) is 3.79. The lowest BCUT2D eigenvalue weighted by atomic mass is 9.88. The smallest absolute Gasteiger partial charge is 0.00670 e. The molecule has 1 fully saturated rings. The normalized spacial score (nSPS) is 32.2. The van der Waals surface area contributed by atoms with Crippen LogP contribution in [0.15, 0.2) is 0 Å². The summed E-state index contributed by atoms with van der Waals surface area (Å²) in [4.78, 5) is 0. The van der Waals surface area contributed by atoms with E-state index in [1.54, 1.807) is 0 Å². The van der Waals surface area contributed by atoms with E-state index in [-0.39, 0.29) is 0 Å². The minimum absolute atomic E-state index is 0.773. The molecule has 2 unspecified atom stereocenters. The van der Waals surface area contributed by atoms with Crippen LogP contribution in [0.3, 0.4) is 0 Å². The van der Waals surface area contributed by atoms with Crippen molar-refractivity contribution in [3.05, 3.63) is 0 Å². The zero-order valence-corrected chi connectivity index (χ0v) is 7.90. The Balaban J connectivity index is 2.18. The highest BCUT2D eigenvalue weighted by atomic mass is 14.9. The van der Waals surface area contributed by atoms with Crippen molar-refractivity contribution in [3.8, 4) is 0 Å². The van der Waals surface area contributed by atoms with Gasteiger partial charge in [-0.15, -0.1) is 0 Å². The Labute approximate surface area is 70.6 Å². The van der Waals surface area contributed by atoms with Crippen LogP contribution in [0, 0.1) is 5.92 Å². The molecular weight excluding hydrogens is 134 g/mol. The van der Waals surface area contributed by atoms with Crippen LogP contribution in [0.1, 0.15) is 46.0 Å². The van der Waals surface area contributed by atoms with Crippen LogP contribution in [0.5, 0.6) is 0 Å². The predicted octanol–water partition coefficient (Wildman–Crippen LogP) is 2.56. The van der Waals surface area contributed by atoms with Crippen molar-refractivity contribution in [1.82, 2.24) is 5.32 Å². The van der Waals surface area contributed by atoms with Crippen LogP contribution in [0.25, 0.3) is 0 Å². The van der Waals surface area contributed by atoms with E-state index < -0.39 is 0 Å². The maximum absolute atomic E-state index is 3.54. The van der Waals surface area contributed by atoms with Gasteiger partial charge in [0.2, 0.25) is 0 Å². The van der Waals surface area contributed by atoms with Crippen molar-refractivity contribution >= 4 is 0 Å². The Kier molecular flexibility index (Phi) is 3.92. The molecule has 0 aromatic rings. The van der Waals surface area contributed by atoms with Crippen LogP contribution in [-0.2, 0) is 0 Å².